The molecule has 2 aromatic rings. The minimum Gasteiger partial charge on any atom is -0.497 e. The van der Waals surface area contributed by atoms with Crippen LogP contribution in [0.4, 0.5) is 0 Å². The van der Waals surface area contributed by atoms with Crippen LogP contribution in [0.3, 0.4) is 0 Å². The molecule has 0 saturated carbocycles. The summed E-state index contributed by atoms with van der Waals surface area (Å²) in [4.78, 5) is 2.13. The maximum atomic E-state index is 6.31. The van der Waals surface area contributed by atoms with Gasteiger partial charge in [-0.2, -0.15) is 0 Å². The maximum absolute atomic E-state index is 6.31. The van der Waals surface area contributed by atoms with Crippen LogP contribution in [0.15, 0.2) is 30.5 Å². The van der Waals surface area contributed by atoms with Gasteiger partial charge >= 0.3 is 0 Å². The molecular weight excluding hydrogens is 223 g/mol. The van der Waals surface area contributed by atoms with E-state index in [4.69, 9.17) is 12.6 Å². The van der Waals surface area contributed by atoms with Gasteiger partial charge in [-0.15, -0.1) is 0 Å². The molecule has 2 radical (unpaired) electrons. The fourth-order valence-corrected chi connectivity index (χ4v) is 2.07. The van der Waals surface area contributed by atoms with Gasteiger partial charge in [-0.05, 0) is 45.3 Å². The van der Waals surface area contributed by atoms with Gasteiger partial charge < -0.3 is 14.2 Å². The summed E-state index contributed by atoms with van der Waals surface area (Å²) in [5, 5.41) is 1.15. The van der Waals surface area contributed by atoms with Gasteiger partial charge in [-0.25, -0.2) is 0 Å². The molecule has 0 amide bonds. The fourth-order valence-electron chi connectivity index (χ4n) is 2.07. The van der Waals surface area contributed by atoms with Gasteiger partial charge in [-0.1, -0.05) is 0 Å². The third kappa shape index (κ3) is 2.25. The second-order valence-corrected chi connectivity index (χ2v) is 4.84. The predicted octanol–water partition coefficient (Wildman–Crippen LogP) is 2.27. The second-order valence-electron chi connectivity index (χ2n) is 4.84. The maximum Gasteiger partial charge on any atom is 0.119 e. The van der Waals surface area contributed by atoms with Crippen LogP contribution in [0.2, 0.25) is 0 Å². The molecule has 0 N–H and O–H groups in total. The summed E-state index contributed by atoms with van der Waals surface area (Å²) in [5.74, 6) is 0.806. The number of nitrogens with zero attached hydrogens (tertiary/aromatic N) is 2. The van der Waals surface area contributed by atoms with Crippen LogP contribution >= 0.6 is 0 Å². The molecule has 4 heteroatoms. The SMILES string of the molecule is [B][C@H]([C@@H](C)N(C)C)n1ccc2cc(OC)ccc21. The molecule has 0 aliphatic carbocycles. The molecule has 94 valence electrons. The van der Waals surface area contributed by atoms with Crippen LogP contribution in [0.5, 0.6) is 5.75 Å². The zero-order chi connectivity index (χ0) is 13.3. The van der Waals surface area contributed by atoms with Crippen molar-refractivity contribution in [2.45, 2.75) is 18.9 Å². The molecule has 2 atom stereocenters. The van der Waals surface area contributed by atoms with Gasteiger partial charge in [0.15, 0.2) is 0 Å². The number of benzene rings is 1. The lowest BCUT2D eigenvalue weighted by molar-refractivity contribution is 0.277. The Morgan fingerprint density at radius 3 is 2.61 bits per heavy atom. The minimum absolute atomic E-state index is 0.0640. The molecule has 3 nitrogen and oxygen atoms in total. The Bertz CT molecular complexity index is 536. The number of hydrogen-bond acceptors (Lipinski definition) is 2. The first-order valence-corrected chi connectivity index (χ1v) is 6.11. The normalized spacial score (nSPS) is 14.9. The monoisotopic (exact) mass is 242 g/mol. The summed E-state index contributed by atoms with van der Waals surface area (Å²) >= 11 is 0. The van der Waals surface area contributed by atoms with E-state index in [2.05, 4.69) is 28.5 Å². The van der Waals surface area contributed by atoms with Gasteiger partial charge in [0.2, 0.25) is 0 Å². The fraction of sp³-hybridized carbons (Fsp3) is 0.429. The first-order chi connectivity index (χ1) is 8.54. The Kier molecular flexibility index (Phi) is 3.67. The molecule has 0 aliphatic rings. The van der Waals surface area contributed by atoms with Crippen LogP contribution in [0, 0.1) is 0 Å². The van der Waals surface area contributed by atoms with E-state index >= 15 is 0 Å². The van der Waals surface area contributed by atoms with Crippen molar-refractivity contribution in [1.82, 2.24) is 9.47 Å². The van der Waals surface area contributed by atoms with Crippen LogP contribution in [-0.2, 0) is 0 Å². The van der Waals surface area contributed by atoms with Crippen molar-refractivity contribution in [3.63, 3.8) is 0 Å². The number of hydrogen-bond donors (Lipinski definition) is 0. The Balaban J connectivity index is 2.40. The topological polar surface area (TPSA) is 17.4 Å². The number of aromatic nitrogens is 1. The van der Waals surface area contributed by atoms with E-state index in [9.17, 15) is 0 Å². The van der Waals surface area contributed by atoms with E-state index in [0.717, 1.165) is 16.7 Å². The van der Waals surface area contributed by atoms with Crippen molar-refractivity contribution >= 4 is 18.7 Å². The molecule has 0 bridgehead atoms. The van der Waals surface area contributed by atoms with Crippen molar-refractivity contribution in [3.8, 4) is 5.75 Å². The van der Waals surface area contributed by atoms with E-state index in [1.807, 2.05) is 32.4 Å². The zero-order valence-electron chi connectivity index (χ0n) is 11.4. The van der Waals surface area contributed by atoms with Gasteiger partial charge in [0.1, 0.15) is 13.6 Å². The standard InChI is InChI=1S/C14H19BN2O/c1-10(16(2)3)14(15)17-8-7-11-9-12(18-4)5-6-13(11)17/h5-10,14H,1-4H3/t10-,14+/m1/s1. The number of likely N-dealkylation sites (N-methyl/N-ethyl adjacent to an activating group) is 1. The second kappa shape index (κ2) is 5.06. The molecule has 0 spiro atoms. The Hall–Kier alpha value is -1.42. The average Bonchev–Trinajstić information content (AvgIpc) is 2.79. The third-order valence-electron chi connectivity index (χ3n) is 3.56. The quantitative estimate of drug-likeness (QED) is 0.765. The summed E-state index contributed by atoms with van der Waals surface area (Å²) in [6.07, 6.45) is 2.04. The molecule has 1 heterocycles. The summed E-state index contributed by atoms with van der Waals surface area (Å²) in [5.41, 5.74) is 1.14. The highest BCUT2D eigenvalue weighted by molar-refractivity contribution is 6.11. The highest BCUT2D eigenvalue weighted by atomic mass is 16.5. The van der Waals surface area contributed by atoms with Crippen molar-refractivity contribution in [2.75, 3.05) is 21.2 Å². The van der Waals surface area contributed by atoms with Gasteiger partial charge in [-0.3, -0.25) is 0 Å². The van der Waals surface area contributed by atoms with Crippen LogP contribution in [0.1, 0.15) is 12.9 Å². The van der Waals surface area contributed by atoms with Crippen LogP contribution in [-0.4, -0.2) is 44.6 Å². The molecule has 18 heavy (non-hydrogen) atoms. The molecule has 0 aliphatic heterocycles. The highest BCUT2D eigenvalue weighted by Crippen LogP contribution is 2.25. The zero-order valence-corrected chi connectivity index (χ0v) is 11.4. The lowest BCUT2D eigenvalue weighted by Crippen LogP contribution is -2.34. The first-order valence-electron chi connectivity index (χ1n) is 6.11. The van der Waals surface area contributed by atoms with E-state index < -0.39 is 0 Å². The highest BCUT2D eigenvalue weighted by Gasteiger charge is 2.16. The minimum atomic E-state index is -0.0640. The van der Waals surface area contributed by atoms with E-state index in [1.165, 1.54) is 0 Å². The summed E-state index contributed by atoms with van der Waals surface area (Å²) < 4.78 is 7.34. The number of methoxy groups -OCH3 is 1. The Morgan fingerprint density at radius 2 is 2.00 bits per heavy atom. The summed E-state index contributed by atoms with van der Waals surface area (Å²) in [6.45, 7) is 2.13. The van der Waals surface area contributed by atoms with E-state index in [1.54, 1.807) is 7.11 Å². The van der Waals surface area contributed by atoms with Gasteiger partial charge in [0.05, 0.1) is 7.11 Å². The Morgan fingerprint density at radius 1 is 1.28 bits per heavy atom. The van der Waals surface area contributed by atoms with Crippen molar-refractivity contribution in [1.29, 1.82) is 0 Å². The summed E-state index contributed by atoms with van der Waals surface area (Å²) in [6, 6.07) is 8.38. The van der Waals surface area contributed by atoms with Gasteiger partial charge in [0, 0.05) is 29.1 Å². The number of ether oxygens (including phenoxy) is 1. The van der Waals surface area contributed by atoms with Crippen molar-refractivity contribution in [2.24, 2.45) is 0 Å². The third-order valence-corrected chi connectivity index (χ3v) is 3.56. The van der Waals surface area contributed by atoms with Crippen LogP contribution < -0.4 is 4.74 Å². The lowest BCUT2D eigenvalue weighted by atomic mass is 9.89. The smallest absolute Gasteiger partial charge is 0.119 e. The van der Waals surface area contributed by atoms with Crippen molar-refractivity contribution in [3.05, 3.63) is 30.5 Å². The molecule has 2 rings (SSSR count). The van der Waals surface area contributed by atoms with E-state index in [0.29, 0.717) is 0 Å². The van der Waals surface area contributed by atoms with E-state index in [-0.39, 0.29) is 12.0 Å². The number of fused-ring (bicyclic) bond motifs is 1. The lowest BCUT2D eigenvalue weighted by Gasteiger charge is -2.28. The molecule has 1 aromatic carbocycles. The molecule has 1 aromatic heterocycles. The largest absolute Gasteiger partial charge is 0.497 e. The molecular formula is C14H19BN2O. The first kappa shape index (κ1) is 13.0. The van der Waals surface area contributed by atoms with Crippen molar-refractivity contribution < 1.29 is 4.74 Å². The molecule has 0 saturated heterocycles. The van der Waals surface area contributed by atoms with Crippen LogP contribution in [0.25, 0.3) is 10.9 Å². The summed E-state index contributed by atoms with van der Waals surface area (Å²) in [7, 11) is 12.1. The Labute approximate surface area is 110 Å². The molecule has 0 fully saturated rings. The average molecular weight is 242 g/mol. The van der Waals surface area contributed by atoms with Gasteiger partial charge in [0.25, 0.3) is 0 Å². The predicted molar refractivity (Wildman–Crippen MR) is 76.4 cm³/mol. The molecule has 0 unspecified atom stereocenters. The number of rotatable bonds is 4.